The number of hydrogen-bond donors (Lipinski definition) is 2. The van der Waals surface area contributed by atoms with E-state index in [0.717, 1.165) is 60.0 Å². The van der Waals surface area contributed by atoms with E-state index in [-0.39, 0.29) is 0 Å². The number of rotatable bonds is 7. The summed E-state index contributed by atoms with van der Waals surface area (Å²) < 4.78 is 2.01. The Balaban J connectivity index is 1.50. The molecule has 0 aromatic carbocycles. The largest absolute Gasteiger partial charge is 0.369 e. The molecule has 3 atom stereocenters. The number of pyridine rings is 2. The molecule has 34 heavy (non-hydrogen) atoms. The van der Waals surface area contributed by atoms with Crippen LogP contribution in [0.2, 0.25) is 0 Å². The number of aryl methyl sites for hydroxylation is 1. The third-order valence-corrected chi connectivity index (χ3v) is 7.03. The molecule has 0 spiro atoms. The number of hydrogen-bond acceptors (Lipinski definition) is 8. The van der Waals surface area contributed by atoms with Gasteiger partial charge in [-0.25, -0.2) is 9.97 Å². The van der Waals surface area contributed by atoms with Crippen molar-refractivity contribution in [2.45, 2.75) is 78.0 Å². The first kappa shape index (κ1) is 22.7. The third kappa shape index (κ3) is 3.92. The first-order valence-corrected chi connectivity index (χ1v) is 12.3. The predicted molar refractivity (Wildman–Crippen MR) is 132 cm³/mol. The lowest BCUT2D eigenvalue weighted by Crippen LogP contribution is -2.33. The van der Waals surface area contributed by atoms with Gasteiger partial charge in [0.15, 0.2) is 12.1 Å². The molecule has 1 fully saturated rings. The molecular formula is C25H34N8O. The van der Waals surface area contributed by atoms with Crippen LogP contribution in [0.1, 0.15) is 63.1 Å². The number of anilines is 2. The summed E-state index contributed by atoms with van der Waals surface area (Å²) in [6.07, 6.45) is 4.27. The molecule has 0 amide bonds. The van der Waals surface area contributed by atoms with Crippen molar-refractivity contribution >= 4 is 11.6 Å². The summed E-state index contributed by atoms with van der Waals surface area (Å²) in [4.78, 5) is 14.3. The molecule has 5 heterocycles. The van der Waals surface area contributed by atoms with Gasteiger partial charge in [-0.3, -0.25) is 0 Å². The fourth-order valence-corrected chi connectivity index (χ4v) is 5.33. The number of aromatic nitrogens is 5. The van der Waals surface area contributed by atoms with Gasteiger partial charge < -0.3 is 24.8 Å². The molecule has 3 aromatic rings. The first-order valence-electron chi connectivity index (χ1n) is 12.3. The molecule has 1 unspecified atom stereocenters. The van der Waals surface area contributed by atoms with Crippen LogP contribution in [0.15, 0.2) is 30.6 Å². The second kappa shape index (κ2) is 9.31. The molecule has 0 saturated carbocycles. The van der Waals surface area contributed by atoms with Gasteiger partial charge in [-0.1, -0.05) is 13.0 Å². The topological polar surface area (TPSA) is 95.2 Å². The quantitative estimate of drug-likeness (QED) is 0.553. The second-order valence-corrected chi connectivity index (χ2v) is 9.44. The number of nitrogens with one attached hydrogen (secondary N) is 1. The van der Waals surface area contributed by atoms with E-state index < -0.39 is 6.23 Å². The molecule has 0 aliphatic carbocycles. The van der Waals surface area contributed by atoms with Crippen LogP contribution in [0.4, 0.5) is 11.6 Å². The van der Waals surface area contributed by atoms with E-state index in [1.165, 1.54) is 0 Å². The van der Waals surface area contributed by atoms with Crippen LogP contribution in [0.5, 0.6) is 0 Å². The summed E-state index contributed by atoms with van der Waals surface area (Å²) in [5, 5.41) is 23.0. The standard InChI is InChI=1S/C25H34N8O/c1-5-11-31-15-27-30-24(31)20-7-6-8-22(28-20)32-14-19-18(25(32)34)12-23(29-21(19)13-26-4)33-16(2)9-10-17(33)3/h6-8,12,15-17,25-26,34H,5,9-11,13-14H2,1-4H3/t16-,17-,25?/m1/s1. The van der Waals surface area contributed by atoms with E-state index >= 15 is 0 Å². The van der Waals surface area contributed by atoms with Gasteiger partial charge in [-0.15, -0.1) is 10.2 Å². The molecule has 1 saturated heterocycles. The van der Waals surface area contributed by atoms with Crippen molar-refractivity contribution in [3.63, 3.8) is 0 Å². The lowest BCUT2D eigenvalue weighted by molar-refractivity contribution is 0.181. The molecule has 5 rings (SSSR count). The van der Waals surface area contributed by atoms with E-state index in [4.69, 9.17) is 9.97 Å². The monoisotopic (exact) mass is 462 g/mol. The van der Waals surface area contributed by atoms with Crippen LogP contribution in [0, 0.1) is 0 Å². The molecule has 0 radical (unpaired) electrons. The second-order valence-electron chi connectivity index (χ2n) is 9.44. The van der Waals surface area contributed by atoms with E-state index in [1.807, 2.05) is 34.7 Å². The van der Waals surface area contributed by atoms with Crippen molar-refractivity contribution in [1.29, 1.82) is 0 Å². The average Bonchev–Trinajstić information content (AvgIpc) is 3.52. The first-order chi connectivity index (χ1) is 16.5. The molecule has 9 nitrogen and oxygen atoms in total. The average molecular weight is 463 g/mol. The zero-order chi connectivity index (χ0) is 23.8. The summed E-state index contributed by atoms with van der Waals surface area (Å²) in [6, 6.07) is 8.81. The summed E-state index contributed by atoms with van der Waals surface area (Å²) in [5.41, 5.74) is 3.73. The Bertz CT molecular complexity index is 1150. The van der Waals surface area contributed by atoms with Gasteiger partial charge in [0, 0.05) is 42.8 Å². The minimum atomic E-state index is -0.781. The Morgan fingerprint density at radius 1 is 1.12 bits per heavy atom. The van der Waals surface area contributed by atoms with Crippen LogP contribution < -0.4 is 15.1 Å². The smallest absolute Gasteiger partial charge is 0.182 e. The number of aliphatic hydroxyl groups is 1. The van der Waals surface area contributed by atoms with Gasteiger partial charge in [-0.2, -0.15) is 0 Å². The summed E-state index contributed by atoms with van der Waals surface area (Å²) >= 11 is 0. The van der Waals surface area contributed by atoms with Gasteiger partial charge in [0.2, 0.25) is 0 Å². The molecule has 9 heteroatoms. The van der Waals surface area contributed by atoms with E-state index in [2.05, 4.69) is 47.3 Å². The number of fused-ring (bicyclic) bond motifs is 1. The lowest BCUT2D eigenvalue weighted by Gasteiger charge is -2.29. The van der Waals surface area contributed by atoms with Crippen LogP contribution in [-0.4, -0.2) is 49.0 Å². The Hall–Kier alpha value is -3.04. The Labute approximate surface area is 200 Å². The maximum atomic E-state index is 11.4. The molecule has 2 aliphatic rings. The van der Waals surface area contributed by atoms with E-state index in [9.17, 15) is 5.11 Å². The molecule has 0 bridgehead atoms. The Morgan fingerprint density at radius 3 is 2.65 bits per heavy atom. The number of nitrogens with zero attached hydrogens (tertiary/aromatic N) is 7. The van der Waals surface area contributed by atoms with Crippen LogP contribution in [-0.2, 0) is 19.6 Å². The normalized spacial score (nSPS) is 22.0. The minimum Gasteiger partial charge on any atom is -0.369 e. The lowest BCUT2D eigenvalue weighted by atomic mass is 10.1. The summed E-state index contributed by atoms with van der Waals surface area (Å²) in [7, 11) is 1.93. The summed E-state index contributed by atoms with van der Waals surface area (Å²) in [5.74, 6) is 2.41. The third-order valence-electron chi connectivity index (χ3n) is 7.03. The maximum Gasteiger partial charge on any atom is 0.182 e. The van der Waals surface area contributed by atoms with Crippen molar-refractivity contribution in [1.82, 2.24) is 30.0 Å². The molecule has 3 aromatic heterocycles. The molecule has 180 valence electrons. The van der Waals surface area contributed by atoms with Crippen LogP contribution in [0.25, 0.3) is 11.5 Å². The van der Waals surface area contributed by atoms with Crippen LogP contribution >= 0.6 is 0 Å². The van der Waals surface area contributed by atoms with E-state index in [1.54, 1.807) is 6.33 Å². The highest BCUT2D eigenvalue weighted by atomic mass is 16.3. The van der Waals surface area contributed by atoms with Gasteiger partial charge in [0.1, 0.15) is 23.7 Å². The zero-order valence-corrected chi connectivity index (χ0v) is 20.4. The Kier molecular flexibility index (Phi) is 6.22. The fraction of sp³-hybridized carbons (Fsp3) is 0.520. The molecule has 2 aliphatic heterocycles. The minimum absolute atomic E-state index is 0.441. The number of aliphatic hydroxyl groups excluding tert-OH is 1. The SMILES string of the molecule is CCCn1cnnc1-c1cccc(N2Cc3c(cc(N4[C@H](C)CC[C@H]4C)nc3CNC)C2O)n1. The van der Waals surface area contributed by atoms with Crippen molar-refractivity contribution < 1.29 is 5.11 Å². The summed E-state index contributed by atoms with van der Waals surface area (Å²) in [6.45, 7) is 8.68. The highest BCUT2D eigenvalue weighted by Crippen LogP contribution is 2.40. The van der Waals surface area contributed by atoms with E-state index in [0.29, 0.717) is 31.0 Å². The van der Waals surface area contributed by atoms with Gasteiger partial charge in [0.25, 0.3) is 0 Å². The predicted octanol–water partition coefficient (Wildman–Crippen LogP) is 3.25. The highest BCUT2D eigenvalue weighted by molar-refractivity contribution is 5.59. The van der Waals surface area contributed by atoms with Gasteiger partial charge in [-0.05, 0) is 58.4 Å². The van der Waals surface area contributed by atoms with Crippen molar-refractivity contribution in [2.24, 2.45) is 0 Å². The Morgan fingerprint density at radius 2 is 1.91 bits per heavy atom. The van der Waals surface area contributed by atoms with Crippen LogP contribution in [0.3, 0.4) is 0 Å². The molecule has 2 N–H and O–H groups in total. The van der Waals surface area contributed by atoms with Gasteiger partial charge in [0.05, 0.1) is 5.69 Å². The van der Waals surface area contributed by atoms with Crippen molar-refractivity contribution in [3.05, 3.63) is 47.4 Å². The maximum absolute atomic E-state index is 11.4. The van der Waals surface area contributed by atoms with Crippen molar-refractivity contribution in [3.8, 4) is 11.5 Å². The molecular weight excluding hydrogens is 428 g/mol. The van der Waals surface area contributed by atoms with Crippen molar-refractivity contribution in [2.75, 3.05) is 16.8 Å². The highest BCUT2D eigenvalue weighted by Gasteiger charge is 2.35. The fourth-order valence-electron chi connectivity index (χ4n) is 5.33. The van der Waals surface area contributed by atoms with Gasteiger partial charge >= 0.3 is 0 Å². The zero-order valence-electron chi connectivity index (χ0n) is 20.4.